The Hall–Kier alpha value is -2.57. The lowest BCUT2D eigenvalue weighted by molar-refractivity contribution is -0.139. The number of ether oxygens (including phenoxy) is 1. The highest BCUT2D eigenvalue weighted by molar-refractivity contribution is 5.91. The highest BCUT2D eigenvalue weighted by Gasteiger charge is 2.07. The van der Waals surface area contributed by atoms with E-state index in [1.807, 2.05) is 13.8 Å². The molecule has 1 aromatic rings. The van der Waals surface area contributed by atoms with E-state index in [1.54, 1.807) is 24.3 Å². The van der Waals surface area contributed by atoms with E-state index in [-0.39, 0.29) is 24.3 Å². The average Bonchev–Trinajstić information content (AvgIpc) is 2.45. The molecule has 0 fully saturated rings. The minimum atomic E-state index is -1.05. The quantitative estimate of drug-likeness (QED) is 0.643. The third kappa shape index (κ3) is 8.45. The van der Waals surface area contributed by atoms with Crippen LogP contribution in [0.1, 0.15) is 33.1 Å². The molecule has 23 heavy (non-hydrogen) atoms. The van der Waals surface area contributed by atoms with Crippen molar-refractivity contribution in [2.24, 2.45) is 0 Å². The van der Waals surface area contributed by atoms with Gasteiger partial charge in [0.25, 0.3) is 0 Å². The van der Waals surface area contributed by atoms with Gasteiger partial charge in [0, 0.05) is 24.6 Å². The highest BCUT2D eigenvalue weighted by Crippen LogP contribution is 2.16. The maximum atomic E-state index is 11.8. The normalized spacial score (nSPS) is 10.2. The first kappa shape index (κ1) is 18.5. The van der Waals surface area contributed by atoms with Crippen LogP contribution in [-0.2, 0) is 14.4 Å². The van der Waals surface area contributed by atoms with E-state index in [2.05, 4.69) is 10.6 Å². The molecule has 0 saturated carbocycles. The molecule has 0 atom stereocenters. The Morgan fingerprint density at radius 1 is 1.09 bits per heavy atom. The van der Waals surface area contributed by atoms with Crippen molar-refractivity contribution < 1.29 is 24.2 Å². The summed E-state index contributed by atoms with van der Waals surface area (Å²) in [5.41, 5.74) is 0.587. The molecule has 0 bridgehead atoms. The molecule has 0 radical (unpaired) electrons. The standard InChI is InChI=1S/C16H22N2O5/c1-11(2)17-14(19)4-3-5-15(20)18-12-6-8-13(9-7-12)23-10-16(21)22/h6-9,11H,3-5,10H2,1-2H3,(H,17,19)(H,18,20)(H,21,22). The lowest BCUT2D eigenvalue weighted by atomic mass is 10.2. The second kappa shape index (κ2) is 9.45. The maximum absolute atomic E-state index is 11.8. The van der Waals surface area contributed by atoms with Crippen LogP contribution in [0.2, 0.25) is 0 Å². The minimum Gasteiger partial charge on any atom is -0.482 e. The SMILES string of the molecule is CC(C)NC(=O)CCCC(=O)Nc1ccc(OCC(=O)O)cc1. The lowest BCUT2D eigenvalue weighted by Crippen LogP contribution is -2.29. The molecule has 1 rings (SSSR count). The summed E-state index contributed by atoms with van der Waals surface area (Å²) >= 11 is 0. The van der Waals surface area contributed by atoms with E-state index in [0.717, 1.165) is 0 Å². The minimum absolute atomic E-state index is 0.0623. The van der Waals surface area contributed by atoms with Crippen molar-refractivity contribution in [3.05, 3.63) is 24.3 Å². The summed E-state index contributed by atoms with van der Waals surface area (Å²) < 4.78 is 4.99. The van der Waals surface area contributed by atoms with Crippen LogP contribution in [0.5, 0.6) is 5.75 Å². The van der Waals surface area contributed by atoms with Crippen LogP contribution in [-0.4, -0.2) is 35.5 Å². The third-order valence-corrected chi connectivity index (χ3v) is 2.76. The smallest absolute Gasteiger partial charge is 0.341 e. The first-order chi connectivity index (χ1) is 10.9. The zero-order chi connectivity index (χ0) is 17.2. The van der Waals surface area contributed by atoms with Crippen LogP contribution in [0.3, 0.4) is 0 Å². The van der Waals surface area contributed by atoms with E-state index >= 15 is 0 Å². The molecule has 7 heteroatoms. The van der Waals surface area contributed by atoms with E-state index < -0.39 is 12.6 Å². The van der Waals surface area contributed by atoms with Gasteiger partial charge in [0.1, 0.15) is 5.75 Å². The fraction of sp³-hybridized carbons (Fsp3) is 0.438. The van der Waals surface area contributed by atoms with Crippen LogP contribution in [0, 0.1) is 0 Å². The number of nitrogens with one attached hydrogen (secondary N) is 2. The number of carbonyl (C=O) groups excluding carboxylic acids is 2. The summed E-state index contributed by atoms with van der Waals surface area (Å²) in [6.45, 7) is 3.35. The number of anilines is 1. The molecule has 0 heterocycles. The van der Waals surface area contributed by atoms with Crippen LogP contribution < -0.4 is 15.4 Å². The summed E-state index contributed by atoms with van der Waals surface area (Å²) in [4.78, 5) is 33.6. The molecule has 2 amide bonds. The number of aliphatic carboxylic acids is 1. The summed E-state index contributed by atoms with van der Waals surface area (Å²) in [7, 11) is 0. The number of rotatable bonds is 9. The summed E-state index contributed by atoms with van der Waals surface area (Å²) in [5.74, 6) is -0.881. The molecule has 0 aliphatic heterocycles. The molecule has 0 saturated heterocycles. The van der Waals surface area contributed by atoms with Gasteiger partial charge >= 0.3 is 5.97 Å². The van der Waals surface area contributed by atoms with Gasteiger partial charge in [-0.25, -0.2) is 4.79 Å². The Balaban J connectivity index is 2.31. The first-order valence-corrected chi connectivity index (χ1v) is 7.40. The Labute approximate surface area is 135 Å². The second-order valence-electron chi connectivity index (χ2n) is 5.33. The third-order valence-electron chi connectivity index (χ3n) is 2.76. The van der Waals surface area contributed by atoms with Gasteiger partial charge in [-0.3, -0.25) is 9.59 Å². The van der Waals surface area contributed by atoms with Crippen LogP contribution >= 0.6 is 0 Å². The summed E-state index contributed by atoms with van der Waals surface area (Å²) in [6.07, 6.45) is 1.04. The highest BCUT2D eigenvalue weighted by atomic mass is 16.5. The van der Waals surface area contributed by atoms with Crippen molar-refractivity contribution in [1.82, 2.24) is 5.32 Å². The molecule has 7 nitrogen and oxygen atoms in total. The van der Waals surface area contributed by atoms with Crippen LogP contribution in [0.4, 0.5) is 5.69 Å². The van der Waals surface area contributed by atoms with Gasteiger partial charge in [0.15, 0.2) is 6.61 Å². The van der Waals surface area contributed by atoms with Crippen molar-refractivity contribution in [1.29, 1.82) is 0 Å². The lowest BCUT2D eigenvalue weighted by Gasteiger charge is -2.09. The zero-order valence-electron chi connectivity index (χ0n) is 13.3. The number of carboxylic acids is 1. The number of carboxylic acid groups (broad SMARTS) is 1. The first-order valence-electron chi connectivity index (χ1n) is 7.40. The molecule has 1 aromatic carbocycles. The van der Waals surface area contributed by atoms with Crippen LogP contribution in [0.15, 0.2) is 24.3 Å². The maximum Gasteiger partial charge on any atom is 0.341 e. The molecule has 3 N–H and O–H groups in total. The largest absolute Gasteiger partial charge is 0.482 e. The van der Waals surface area contributed by atoms with Crippen molar-refractivity contribution in [3.8, 4) is 5.75 Å². The fourth-order valence-corrected chi connectivity index (χ4v) is 1.81. The number of benzene rings is 1. The van der Waals surface area contributed by atoms with Gasteiger partial charge in [-0.2, -0.15) is 0 Å². The van der Waals surface area contributed by atoms with E-state index in [4.69, 9.17) is 9.84 Å². The molecule has 0 aliphatic carbocycles. The molecule has 126 valence electrons. The van der Waals surface area contributed by atoms with E-state index in [1.165, 1.54) is 0 Å². The fourth-order valence-electron chi connectivity index (χ4n) is 1.81. The Bertz CT molecular complexity index is 540. The average molecular weight is 322 g/mol. The summed E-state index contributed by atoms with van der Waals surface area (Å²) in [6, 6.07) is 6.50. The Kier molecular flexibility index (Phi) is 7.59. The Morgan fingerprint density at radius 3 is 2.26 bits per heavy atom. The molecular formula is C16H22N2O5. The summed E-state index contributed by atoms with van der Waals surface area (Å²) in [5, 5.41) is 14.0. The monoisotopic (exact) mass is 322 g/mol. The zero-order valence-corrected chi connectivity index (χ0v) is 13.3. The van der Waals surface area contributed by atoms with Crippen molar-refractivity contribution in [2.75, 3.05) is 11.9 Å². The van der Waals surface area contributed by atoms with Gasteiger partial charge in [-0.05, 0) is 44.5 Å². The number of hydrogen-bond acceptors (Lipinski definition) is 4. The topological polar surface area (TPSA) is 105 Å². The number of amides is 2. The van der Waals surface area contributed by atoms with Crippen molar-refractivity contribution >= 4 is 23.5 Å². The van der Waals surface area contributed by atoms with Gasteiger partial charge in [-0.15, -0.1) is 0 Å². The van der Waals surface area contributed by atoms with Gasteiger partial charge in [0.05, 0.1) is 0 Å². The Morgan fingerprint density at radius 2 is 1.70 bits per heavy atom. The van der Waals surface area contributed by atoms with Gasteiger partial charge < -0.3 is 20.5 Å². The number of hydrogen-bond donors (Lipinski definition) is 3. The van der Waals surface area contributed by atoms with Crippen molar-refractivity contribution in [3.63, 3.8) is 0 Å². The van der Waals surface area contributed by atoms with Gasteiger partial charge in [0.2, 0.25) is 11.8 Å². The van der Waals surface area contributed by atoms with Gasteiger partial charge in [-0.1, -0.05) is 0 Å². The predicted molar refractivity (Wildman–Crippen MR) is 85.3 cm³/mol. The van der Waals surface area contributed by atoms with Crippen molar-refractivity contribution in [2.45, 2.75) is 39.2 Å². The molecule has 0 aromatic heterocycles. The molecule has 0 unspecified atom stereocenters. The second-order valence-corrected chi connectivity index (χ2v) is 5.33. The van der Waals surface area contributed by atoms with Crippen LogP contribution in [0.25, 0.3) is 0 Å². The number of carbonyl (C=O) groups is 3. The molecular weight excluding hydrogens is 300 g/mol. The van der Waals surface area contributed by atoms with E-state index in [0.29, 0.717) is 24.3 Å². The molecule has 0 aliphatic rings. The van der Waals surface area contributed by atoms with E-state index in [9.17, 15) is 14.4 Å². The molecule has 0 spiro atoms. The predicted octanol–water partition coefficient (Wildman–Crippen LogP) is 1.78.